The predicted molar refractivity (Wildman–Crippen MR) is 92.5 cm³/mol. The topological polar surface area (TPSA) is 55.1 Å². The molecule has 0 unspecified atom stereocenters. The summed E-state index contributed by atoms with van der Waals surface area (Å²) in [6.45, 7) is 6.49. The van der Waals surface area contributed by atoms with Crippen LogP contribution in [0.25, 0.3) is 16.3 Å². The molecule has 2 heterocycles. The van der Waals surface area contributed by atoms with E-state index >= 15 is 0 Å². The van der Waals surface area contributed by atoms with Gasteiger partial charge in [-0.25, -0.2) is 9.48 Å². The van der Waals surface area contributed by atoms with Crippen LogP contribution in [0.1, 0.15) is 36.8 Å². The average molecular weight is 326 g/mol. The zero-order chi connectivity index (χ0) is 16.6. The first kappa shape index (κ1) is 15.5. The molecule has 23 heavy (non-hydrogen) atoms. The fourth-order valence-electron chi connectivity index (χ4n) is 2.38. The van der Waals surface area contributed by atoms with Gasteiger partial charge in [-0.05, 0) is 34.6 Å². The molecule has 0 fully saturated rings. The summed E-state index contributed by atoms with van der Waals surface area (Å²) < 4.78 is 1.70. The molecular weight excluding hydrogens is 308 g/mol. The molecule has 0 aliphatic rings. The highest BCUT2D eigenvalue weighted by Crippen LogP contribution is 2.29. The highest BCUT2D eigenvalue weighted by molar-refractivity contribution is 7.13. The molecule has 1 N–H and O–H groups in total. The van der Waals surface area contributed by atoms with Crippen molar-refractivity contribution in [2.75, 3.05) is 0 Å². The summed E-state index contributed by atoms with van der Waals surface area (Å²) in [5, 5.41) is 15.5. The van der Waals surface area contributed by atoms with Crippen molar-refractivity contribution in [3.63, 3.8) is 0 Å². The van der Waals surface area contributed by atoms with E-state index in [-0.39, 0.29) is 11.1 Å². The first-order valence-corrected chi connectivity index (χ1v) is 8.22. The van der Waals surface area contributed by atoms with Crippen LogP contribution in [0.15, 0.2) is 47.8 Å². The summed E-state index contributed by atoms with van der Waals surface area (Å²) in [6.07, 6.45) is 0. The van der Waals surface area contributed by atoms with Crippen molar-refractivity contribution in [2.24, 2.45) is 0 Å². The molecule has 2 aromatic heterocycles. The summed E-state index contributed by atoms with van der Waals surface area (Å²) in [5.41, 5.74) is 3.00. The van der Waals surface area contributed by atoms with E-state index in [1.165, 1.54) is 5.56 Å². The maximum Gasteiger partial charge on any atom is 0.356 e. The lowest BCUT2D eigenvalue weighted by atomic mass is 9.87. The van der Waals surface area contributed by atoms with E-state index in [9.17, 15) is 9.90 Å². The lowest BCUT2D eigenvalue weighted by Crippen LogP contribution is -2.11. The molecule has 0 saturated heterocycles. The molecule has 5 heteroatoms. The normalized spacial score (nSPS) is 11.6. The van der Waals surface area contributed by atoms with Crippen LogP contribution < -0.4 is 0 Å². The van der Waals surface area contributed by atoms with Crippen molar-refractivity contribution in [1.29, 1.82) is 0 Å². The van der Waals surface area contributed by atoms with Gasteiger partial charge in [0.15, 0.2) is 5.69 Å². The summed E-state index contributed by atoms with van der Waals surface area (Å²) in [5.74, 6) is -1.02. The van der Waals surface area contributed by atoms with Gasteiger partial charge in [0.25, 0.3) is 0 Å². The fourth-order valence-corrected chi connectivity index (χ4v) is 3.11. The Morgan fingerprint density at radius 2 is 1.87 bits per heavy atom. The minimum Gasteiger partial charge on any atom is -0.476 e. The van der Waals surface area contributed by atoms with Crippen molar-refractivity contribution in [3.05, 3.63) is 59.1 Å². The van der Waals surface area contributed by atoms with E-state index < -0.39 is 5.97 Å². The third-order valence-corrected chi connectivity index (χ3v) is 4.57. The molecule has 0 aliphatic carbocycles. The molecule has 0 bridgehead atoms. The number of thiophene rings is 1. The minimum atomic E-state index is -1.02. The Kier molecular flexibility index (Phi) is 3.82. The van der Waals surface area contributed by atoms with Crippen molar-refractivity contribution < 1.29 is 9.90 Å². The molecule has 1 aromatic carbocycles. The van der Waals surface area contributed by atoms with Crippen LogP contribution in [0.3, 0.4) is 0 Å². The quantitative estimate of drug-likeness (QED) is 0.765. The van der Waals surface area contributed by atoms with Crippen LogP contribution >= 0.6 is 11.3 Å². The SMILES string of the molecule is CC(C)(C)c1ccc(-n2nc(C(=O)O)cc2-c2cccs2)cc1. The number of carbonyl (C=O) groups is 1. The lowest BCUT2D eigenvalue weighted by molar-refractivity contribution is 0.0690. The fraction of sp³-hybridized carbons (Fsp3) is 0.222. The Morgan fingerprint density at radius 1 is 1.17 bits per heavy atom. The van der Waals surface area contributed by atoms with Gasteiger partial charge < -0.3 is 5.11 Å². The van der Waals surface area contributed by atoms with Gasteiger partial charge in [-0.15, -0.1) is 11.3 Å². The molecule has 0 amide bonds. The van der Waals surface area contributed by atoms with Gasteiger partial charge >= 0.3 is 5.97 Å². The maximum atomic E-state index is 11.3. The molecule has 0 radical (unpaired) electrons. The largest absolute Gasteiger partial charge is 0.476 e. The summed E-state index contributed by atoms with van der Waals surface area (Å²) in [4.78, 5) is 12.3. The second kappa shape index (κ2) is 5.66. The zero-order valence-electron chi connectivity index (χ0n) is 13.3. The second-order valence-corrected chi connectivity index (χ2v) is 7.35. The molecule has 0 atom stereocenters. The monoisotopic (exact) mass is 326 g/mol. The third kappa shape index (κ3) is 3.05. The first-order chi connectivity index (χ1) is 10.9. The number of carboxylic acids is 1. The Bertz CT molecular complexity index is 825. The lowest BCUT2D eigenvalue weighted by Gasteiger charge is -2.19. The van der Waals surface area contributed by atoms with Crippen molar-refractivity contribution in [3.8, 4) is 16.3 Å². The number of nitrogens with zero attached hydrogens (tertiary/aromatic N) is 2. The zero-order valence-corrected chi connectivity index (χ0v) is 14.1. The number of aromatic carboxylic acids is 1. The third-order valence-electron chi connectivity index (χ3n) is 3.68. The van der Waals surface area contributed by atoms with Gasteiger partial charge in [-0.3, -0.25) is 0 Å². The smallest absolute Gasteiger partial charge is 0.356 e. The number of aromatic nitrogens is 2. The molecule has 118 valence electrons. The molecular formula is C18H18N2O2S. The van der Waals surface area contributed by atoms with E-state index in [1.807, 2.05) is 29.6 Å². The summed E-state index contributed by atoms with van der Waals surface area (Å²) >= 11 is 1.56. The van der Waals surface area contributed by atoms with Crippen LogP contribution in [-0.4, -0.2) is 20.9 Å². The minimum absolute atomic E-state index is 0.0493. The molecule has 4 nitrogen and oxygen atoms in total. The van der Waals surface area contributed by atoms with E-state index in [0.29, 0.717) is 0 Å². The molecule has 3 aromatic rings. The Balaban J connectivity index is 2.10. The predicted octanol–water partition coefficient (Wildman–Crippen LogP) is 4.60. The molecule has 0 spiro atoms. The molecule has 3 rings (SSSR count). The van der Waals surface area contributed by atoms with Crippen LogP contribution in [-0.2, 0) is 5.41 Å². The standard InChI is InChI=1S/C18H18N2O2S/c1-18(2,3)12-6-8-13(9-7-12)20-15(16-5-4-10-23-16)11-14(19-20)17(21)22/h4-11H,1-3H3,(H,21,22). The van der Waals surface area contributed by atoms with Gasteiger partial charge in [0, 0.05) is 6.07 Å². The van der Waals surface area contributed by atoms with E-state index in [2.05, 4.69) is 38.0 Å². The van der Waals surface area contributed by atoms with Crippen LogP contribution in [0, 0.1) is 0 Å². The first-order valence-electron chi connectivity index (χ1n) is 7.34. The molecule has 0 aliphatic heterocycles. The van der Waals surface area contributed by atoms with Crippen molar-refractivity contribution >= 4 is 17.3 Å². The Hall–Kier alpha value is -2.40. The van der Waals surface area contributed by atoms with E-state index in [4.69, 9.17) is 0 Å². The van der Waals surface area contributed by atoms with Gasteiger partial charge in [0.05, 0.1) is 16.3 Å². The summed E-state index contributed by atoms with van der Waals surface area (Å²) in [7, 11) is 0. The maximum absolute atomic E-state index is 11.3. The van der Waals surface area contributed by atoms with E-state index in [1.54, 1.807) is 22.1 Å². The summed E-state index contributed by atoms with van der Waals surface area (Å²) in [6, 6.07) is 13.6. The number of rotatable bonds is 3. The van der Waals surface area contributed by atoms with E-state index in [0.717, 1.165) is 16.3 Å². The van der Waals surface area contributed by atoms with Crippen LogP contribution in [0.5, 0.6) is 0 Å². The molecule has 0 saturated carbocycles. The van der Waals surface area contributed by atoms with Gasteiger partial charge in [0.1, 0.15) is 0 Å². The van der Waals surface area contributed by atoms with Crippen molar-refractivity contribution in [2.45, 2.75) is 26.2 Å². The average Bonchev–Trinajstić information content (AvgIpc) is 3.15. The van der Waals surface area contributed by atoms with Gasteiger partial charge in [0.2, 0.25) is 0 Å². The second-order valence-electron chi connectivity index (χ2n) is 6.41. The number of hydrogen-bond donors (Lipinski definition) is 1. The number of benzene rings is 1. The highest BCUT2D eigenvalue weighted by atomic mass is 32.1. The Morgan fingerprint density at radius 3 is 2.39 bits per heavy atom. The van der Waals surface area contributed by atoms with Gasteiger partial charge in [-0.2, -0.15) is 5.10 Å². The van der Waals surface area contributed by atoms with Crippen LogP contribution in [0.2, 0.25) is 0 Å². The van der Waals surface area contributed by atoms with Crippen LogP contribution in [0.4, 0.5) is 0 Å². The number of hydrogen-bond acceptors (Lipinski definition) is 3. The van der Waals surface area contributed by atoms with Crippen molar-refractivity contribution in [1.82, 2.24) is 9.78 Å². The van der Waals surface area contributed by atoms with Gasteiger partial charge in [-0.1, -0.05) is 39.0 Å². The highest BCUT2D eigenvalue weighted by Gasteiger charge is 2.18. The Labute approximate surface area is 139 Å². The number of carboxylic acid groups (broad SMARTS) is 1.